The third-order valence-electron chi connectivity index (χ3n) is 4.69. The summed E-state index contributed by atoms with van der Waals surface area (Å²) in [4.78, 5) is 20.5. The van der Waals surface area contributed by atoms with E-state index in [2.05, 4.69) is 20.5 Å². The molecule has 2 rings (SSSR count). The van der Waals surface area contributed by atoms with Gasteiger partial charge in [0.1, 0.15) is 5.60 Å². The molecular formula is C22H38IN5O4. The number of benzene rings is 1. The first kappa shape index (κ1) is 28.1. The van der Waals surface area contributed by atoms with Crippen LogP contribution >= 0.6 is 24.0 Å². The smallest absolute Gasteiger partial charge is 0.410 e. The van der Waals surface area contributed by atoms with Crippen molar-refractivity contribution in [1.82, 2.24) is 15.1 Å². The fraction of sp³-hybridized carbons (Fsp3) is 0.636. The molecule has 10 heteroatoms. The van der Waals surface area contributed by atoms with Gasteiger partial charge in [-0.2, -0.15) is 0 Å². The van der Waals surface area contributed by atoms with Crippen LogP contribution in [0.5, 0.6) is 11.5 Å². The quantitative estimate of drug-likeness (QED) is 0.299. The lowest BCUT2D eigenvalue weighted by Crippen LogP contribution is -2.51. The second-order valence-corrected chi connectivity index (χ2v) is 8.23. The molecule has 0 saturated carbocycles. The summed E-state index contributed by atoms with van der Waals surface area (Å²) in [6.07, 6.45) is -0.235. The number of nitrogens with one attached hydrogen (secondary N) is 2. The second-order valence-electron chi connectivity index (χ2n) is 8.23. The zero-order valence-corrected chi connectivity index (χ0v) is 22.4. The van der Waals surface area contributed by atoms with Gasteiger partial charge in [-0.25, -0.2) is 4.79 Å². The molecule has 1 heterocycles. The molecule has 1 aliphatic heterocycles. The first-order chi connectivity index (χ1) is 14.8. The molecule has 0 unspecified atom stereocenters. The zero-order valence-electron chi connectivity index (χ0n) is 20.1. The molecule has 1 saturated heterocycles. The maximum atomic E-state index is 12.2. The summed E-state index contributed by atoms with van der Waals surface area (Å²) in [5.74, 6) is 2.06. The topological polar surface area (TPSA) is 87.7 Å². The Balaban J connectivity index is 0.00000512. The Kier molecular flexibility index (Phi) is 11.9. The molecular weight excluding hydrogens is 525 g/mol. The van der Waals surface area contributed by atoms with Gasteiger partial charge in [-0.15, -0.1) is 24.0 Å². The zero-order chi connectivity index (χ0) is 22.9. The van der Waals surface area contributed by atoms with Gasteiger partial charge >= 0.3 is 6.09 Å². The van der Waals surface area contributed by atoms with Gasteiger partial charge in [0, 0.05) is 58.1 Å². The number of ether oxygens (including phenoxy) is 3. The van der Waals surface area contributed by atoms with Crippen LogP contribution in [0.25, 0.3) is 0 Å². The van der Waals surface area contributed by atoms with Gasteiger partial charge in [-0.3, -0.25) is 9.89 Å². The molecule has 9 nitrogen and oxygen atoms in total. The predicted octanol–water partition coefficient (Wildman–Crippen LogP) is 3.25. The van der Waals surface area contributed by atoms with Crippen molar-refractivity contribution in [2.45, 2.75) is 33.3 Å². The van der Waals surface area contributed by atoms with Gasteiger partial charge in [0.25, 0.3) is 0 Å². The molecule has 0 bridgehead atoms. The van der Waals surface area contributed by atoms with Crippen molar-refractivity contribution >= 4 is 41.7 Å². The molecule has 1 amide bonds. The van der Waals surface area contributed by atoms with E-state index in [0.717, 1.165) is 31.9 Å². The average molecular weight is 563 g/mol. The number of piperazine rings is 1. The summed E-state index contributed by atoms with van der Waals surface area (Å²) in [7, 11) is 3.36. The molecule has 0 radical (unpaired) electrons. The first-order valence-corrected chi connectivity index (χ1v) is 10.7. The van der Waals surface area contributed by atoms with Crippen LogP contribution in [-0.2, 0) is 4.74 Å². The lowest BCUT2D eigenvalue weighted by Gasteiger charge is -2.35. The highest BCUT2D eigenvalue weighted by Gasteiger charge is 2.25. The van der Waals surface area contributed by atoms with E-state index in [-0.39, 0.29) is 30.1 Å². The van der Waals surface area contributed by atoms with Crippen LogP contribution in [0.3, 0.4) is 0 Å². The Morgan fingerprint density at radius 2 is 1.84 bits per heavy atom. The summed E-state index contributed by atoms with van der Waals surface area (Å²) in [6, 6.07) is 5.69. The van der Waals surface area contributed by atoms with Crippen molar-refractivity contribution in [2.75, 3.05) is 65.3 Å². The molecule has 32 heavy (non-hydrogen) atoms. The van der Waals surface area contributed by atoms with Crippen LogP contribution in [0.4, 0.5) is 10.5 Å². The van der Waals surface area contributed by atoms with Gasteiger partial charge < -0.3 is 29.7 Å². The van der Waals surface area contributed by atoms with Crippen molar-refractivity contribution in [3.8, 4) is 11.5 Å². The molecule has 1 aromatic carbocycles. The number of hydrogen-bond acceptors (Lipinski definition) is 6. The van der Waals surface area contributed by atoms with Crippen LogP contribution in [0.2, 0.25) is 0 Å². The van der Waals surface area contributed by atoms with Gasteiger partial charge in [0.05, 0.1) is 13.7 Å². The number of rotatable bonds is 7. The fourth-order valence-corrected chi connectivity index (χ4v) is 3.15. The number of carbonyl (C=O) groups excluding carboxylic acids is 1. The Hall–Kier alpha value is -1.95. The van der Waals surface area contributed by atoms with E-state index in [1.807, 2.05) is 45.9 Å². The van der Waals surface area contributed by atoms with E-state index in [1.54, 1.807) is 19.1 Å². The second kappa shape index (κ2) is 13.6. The third kappa shape index (κ3) is 9.27. The molecule has 0 aromatic heterocycles. The normalized spacial score (nSPS) is 14.9. The number of hydrogen-bond donors (Lipinski definition) is 2. The minimum absolute atomic E-state index is 0. The van der Waals surface area contributed by atoms with Crippen LogP contribution in [-0.4, -0.2) is 87.5 Å². The number of amides is 1. The van der Waals surface area contributed by atoms with Gasteiger partial charge in [-0.1, -0.05) is 0 Å². The molecule has 182 valence electrons. The minimum atomic E-state index is -0.464. The van der Waals surface area contributed by atoms with E-state index in [4.69, 9.17) is 14.2 Å². The third-order valence-corrected chi connectivity index (χ3v) is 4.69. The maximum absolute atomic E-state index is 12.2. The number of nitrogens with zero attached hydrogens (tertiary/aromatic N) is 3. The average Bonchev–Trinajstić information content (AvgIpc) is 2.73. The van der Waals surface area contributed by atoms with Crippen LogP contribution in [0.1, 0.15) is 27.7 Å². The largest absolute Gasteiger partial charge is 0.493 e. The predicted molar refractivity (Wildman–Crippen MR) is 139 cm³/mol. The Morgan fingerprint density at radius 3 is 2.41 bits per heavy atom. The van der Waals surface area contributed by atoms with Crippen molar-refractivity contribution in [1.29, 1.82) is 0 Å². The summed E-state index contributed by atoms with van der Waals surface area (Å²) in [5, 5.41) is 6.60. The molecule has 0 atom stereocenters. The van der Waals surface area contributed by atoms with Crippen LogP contribution < -0.4 is 20.1 Å². The van der Waals surface area contributed by atoms with E-state index in [9.17, 15) is 4.79 Å². The van der Waals surface area contributed by atoms with Crippen LogP contribution in [0, 0.1) is 0 Å². The fourth-order valence-electron chi connectivity index (χ4n) is 3.15. The van der Waals surface area contributed by atoms with Gasteiger partial charge in [0.15, 0.2) is 17.5 Å². The van der Waals surface area contributed by atoms with Crippen molar-refractivity contribution in [3.63, 3.8) is 0 Å². The number of methoxy groups -OCH3 is 1. The van der Waals surface area contributed by atoms with Crippen LogP contribution in [0.15, 0.2) is 23.2 Å². The summed E-state index contributed by atoms with van der Waals surface area (Å²) in [6.45, 7) is 12.8. The standard InChI is InChI=1S/C22H37N5O4.HI/c1-7-30-18-9-8-17(16-19(18)29-6)25-20(23-5)24-10-11-26-12-14-27(15-13-26)21(28)31-22(2,3)4;/h8-9,16H,7,10-15H2,1-6H3,(H2,23,24,25);1H. The van der Waals surface area contributed by atoms with E-state index in [1.165, 1.54) is 0 Å². The summed E-state index contributed by atoms with van der Waals surface area (Å²) >= 11 is 0. The lowest BCUT2D eigenvalue weighted by atomic mass is 10.2. The van der Waals surface area contributed by atoms with E-state index >= 15 is 0 Å². The van der Waals surface area contributed by atoms with Crippen molar-refractivity contribution < 1.29 is 19.0 Å². The van der Waals surface area contributed by atoms with E-state index in [0.29, 0.717) is 37.2 Å². The number of halogens is 1. The lowest BCUT2D eigenvalue weighted by molar-refractivity contribution is 0.0147. The van der Waals surface area contributed by atoms with Gasteiger partial charge in [0.2, 0.25) is 0 Å². The highest BCUT2D eigenvalue weighted by Crippen LogP contribution is 2.30. The molecule has 1 aliphatic rings. The molecule has 0 spiro atoms. The minimum Gasteiger partial charge on any atom is -0.493 e. The number of aliphatic imine (C=N–C) groups is 1. The molecule has 1 aromatic rings. The Morgan fingerprint density at radius 1 is 1.16 bits per heavy atom. The molecule has 0 aliphatic carbocycles. The van der Waals surface area contributed by atoms with Crippen molar-refractivity contribution in [2.24, 2.45) is 4.99 Å². The number of anilines is 1. The monoisotopic (exact) mass is 563 g/mol. The maximum Gasteiger partial charge on any atom is 0.410 e. The highest BCUT2D eigenvalue weighted by atomic mass is 127. The van der Waals surface area contributed by atoms with E-state index < -0.39 is 5.60 Å². The molecule has 1 fully saturated rings. The number of guanidine groups is 1. The summed E-state index contributed by atoms with van der Waals surface area (Å²) < 4.78 is 16.4. The SMILES string of the molecule is CCOc1ccc(NC(=NC)NCCN2CCN(C(=O)OC(C)(C)C)CC2)cc1OC.I. The van der Waals surface area contributed by atoms with Gasteiger partial charge in [-0.05, 0) is 39.8 Å². The Bertz CT molecular complexity index is 746. The first-order valence-electron chi connectivity index (χ1n) is 10.7. The molecule has 2 N–H and O–H groups in total. The summed E-state index contributed by atoms with van der Waals surface area (Å²) in [5.41, 5.74) is 0.397. The number of carbonyl (C=O) groups is 1. The Labute approximate surface area is 208 Å². The van der Waals surface area contributed by atoms with Crippen molar-refractivity contribution in [3.05, 3.63) is 18.2 Å². The highest BCUT2D eigenvalue weighted by molar-refractivity contribution is 14.0.